The summed E-state index contributed by atoms with van der Waals surface area (Å²) in [6.45, 7) is 7.94. The number of nitrogens with one attached hydrogen (secondary N) is 1. The number of aryl methyl sites for hydroxylation is 1. The van der Waals surface area contributed by atoms with E-state index in [1.165, 1.54) is 7.11 Å². The zero-order chi connectivity index (χ0) is 20.0. The van der Waals surface area contributed by atoms with E-state index in [0.717, 1.165) is 5.56 Å². The van der Waals surface area contributed by atoms with E-state index in [9.17, 15) is 13.6 Å². The van der Waals surface area contributed by atoms with Crippen LogP contribution < -0.4 is 15.0 Å². The Morgan fingerprint density at radius 3 is 2.78 bits per heavy atom. The van der Waals surface area contributed by atoms with Crippen LogP contribution in [0, 0.1) is 0 Å². The lowest BCUT2D eigenvalue weighted by atomic mass is 10.1. The summed E-state index contributed by atoms with van der Waals surface area (Å²) in [6, 6.07) is 1.73. The van der Waals surface area contributed by atoms with Gasteiger partial charge in [0.2, 0.25) is 11.8 Å². The van der Waals surface area contributed by atoms with Crippen molar-refractivity contribution in [2.75, 3.05) is 25.1 Å². The first-order chi connectivity index (χ1) is 12.8. The van der Waals surface area contributed by atoms with Gasteiger partial charge in [-0.1, -0.05) is 19.6 Å². The Morgan fingerprint density at radius 2 is 2.19 bits per heavy atom. The Bertz CT molecular complexity index is 732. The molecule has 0 atom stereocenters. The monoisotopic (exact) mass is 379 g/mol. The van der Waals surface area contributed by atoms with Gasteiger partial charge in [-0.15, -0.1) is 0 Å². The van der Waals surface area contributed by atoms with Gasteiger partial charge in [0.15, 0.2) is 0 Å². The minimum absolute atomic E-state index is 0.132. The maximum atomic E-state index is 13.8. The van der Waals surface area contributed by atoms with Crippen LogP contribution in [0.3, 0.4) is 0 Å². The van der Waals surface area contributed by atoms with Gasteiger partial charge in [-0.05, 0) is 31.9 Å². The number of ether oxygens (including phenoxy) is 1. The normalized spacial score (nSPS) is 17.2. The van der Waals surface area contributed by atoms with Gasteiger partial charge < -0.3 is 15.0 Å². The van der Waals surface area contributed by atoms with Crippen LogP contribution in [-0.2, 0) is 6.42 Å². The number of hydrogen-bond acceptors (Lipinski definition) is 4. The summed E-state index contributed by atoms with van der Waals surface area (Å²) in [6.07, 6.45) is 3.82. The lowest BCUT2D eigenvalue weighted by Gasteiger charge is -2.25. The van der Waals surface area contributed by atoms with Crippen molar-refractivity contribution < 1.29 is 18.3 Å². The molecule has 1 aromatic rings. The van der Waals surface area contributed by atoms with Gasteiger partial charge in [0, 0.05) is 37.2 Å². The van der Waals surface area contributed by atoms with E-state index in [0.29, 0.717) is 42.3 Å². The predicted molar refractivity (Wildman–Crippen MR) is 103 cm³/mol. The number of rotatable bonds is 6. The molecule has 1 amide bonds. The number of carbonyl (C=O) groups excluding carboxylic acids is 1. The fourth-order valence-corrected chi connectivity index (χ4v) is 3.08. The van der Waals surface area contributed by atoms with Crippen molar-refractivity contribution in [3.05, 3.63) is 41.6 Å². The number of methoxy groups -OCH3 is 1. The standard InChI is InChI=1S/C20H27F2N3O2/c1-5-14-13-16(18(26)23-15(6-2)7-3)17(24-19(14)27-4)25-11-8-9-20(21,22)10-12-25/h6-7,13H,2,5,8-12H2,1,3-4H3,(H,23,26)/b15-7+. The lowest BCUT2D eigenvalue weighted by Crippen LogP contribution is -2.31. The second-order valence-electron chi connectivity index (χ2n) is 6.48. The van der Waals surface area contributed by atoms with Crippen LogP contribution in [0.1, 0.15) is 49.0 Å². The van der Waals surface area contributed by atoms with Crippen molar-refractivity contribution >= 4 is 11.7 Å². The molecule has 1 aliphatic rings. The Hall–Kier alpha value is -2.44. The van der Waals surface area contributed by atoms with Crippen LogP contribution in [-0.4, -0.2) is 37.0 Å². The van der Waals surface area contributed by atoms with Gasteiger partial charge in [-0.25, -0.2) is 8.78 Å². The predicted octanol–water partition coefficient (Wildman–Crippen LogP) is 4.10. The topological polar surface area (TPSA) is 54.5 Å². The fraction of sp³-hybridized carbons (Fsp3) is 0.500. The minimum atomic E-state index is -2.69. The molecular formula is C20H27F2N3O2. The molecule has 0 aliphatic carbocycles. The SMILES string of the molecule is C=C/C(=C\C)NC(=O)c1cc(CC)c(OC)nc1N1CCCC(F)(F)CC1. The first-order valence-electron chi connectivity index (χ1n) is 9.16. The smallest absolute Gasteiger partial charge is 0.259 e. The summed E-state index contributed by atoms with van der Waals surface area (Å²) < 4.78 is 32.9. The highest BCUT2D eigenvalue weighted by atomic mass is 19.3. The molecule has 1 aromatic heterocycles. The molecule has 0 aromatic carbocycles. The Balaban J connectivity index is 2.47. The van der Waals surface area contributed by atoms with Gasteiger partial charge in [-0.3, -0.25) is 4.79 Å². The average molecular weight is 379 g/mol. The molecule has 0 spiro atoms. The van der Waals surface area contributed by atoms with Crippen LogP contribution in [0.15, 0.2) is 30.5 Å². The molecule has 1 saturated heterocycles. The van der Waals surface area contributed by atoms with Crippen molar-refractivity contribution in [2.24, 2.45) is 0 Å². The molecule has 148 valence electrons. The molecule has 1 N–H and O–H groups in total. The number of nitrogens with zero attached hydrogens (tertiary/aromatic N) is 2. The number of alkyl halides is 2. The fourth-order valence-electron chi connectivity index (χ4n) is 3.08. The van der Waals surface area contributed by atoms with Crippen LogP contribution in [0.4, 0.5) is 14.6 Å². The van der Waals surface area contributed by atoms with E-state index >= 15 is 0 Å². The molecule has 27 heavy (non-hydrogen) atoms. The number of anilines is 1. The zero-order valence-electron chi connectivity index (χ0n) is 16.1. The maximum Gasteiger partial charge on any atom is 0.259 e. The van der Waals surface area contributed by atoms with E-state index in [-0.39, 0.29) is 25.3 Å². The maximum absolute atomic E-state index is 13.8. The number of allylic oxidation sites excluding steroid dienone is 2. The third kappa shape index (κ3) is 5.05. The third-order valence-electron chi connectivity index (χ3n) is 4.67. The van der Waals surface area contributed by atoms with E-state index < -0.39 is 5.92 Å². The molecular weight excluding hydrogens is 352 g/mol. The quantitative estimate of drug-likeness (QED) is 0.756. The van der Waals surface area contributed by atoms with Crippen LogP contribution in [0.5, 0.6) is 5.88 Å². The summed E-state index contributed by atoms with van der Waals surface area (Å²) in [5, 5.41) is 2.78. The van der Waals surface area contributed by atoms with E-state index in [2.05, 4.69) is 16.9 Å². The third-order valence-corrected chi connectivity index (χ3v) is 4.67. The second-order valence-corrected chi connectivity index (χ2v) is 6.48. The largest absolute Gasteiger partial charge is 0.481 e. The second kappa shape index (κ2) is 8.97. The van der Waals surface area contributed by atoms with Crippen molar-refractivity contribution in [1.82, 2.24) is 10.3 Å². The molecule has 0 bridgehead atoms. The number of carbonyl (C=O) groups is 1. The van der Waals surface area contributed by atoms with Crippen molar-refractivity contribution in [2.45, 2.75) is 45.5 Å². The number of halogens is 2. The lowest BCUT2D eigenvalue weighted by molar-refractivity contribution is -0.0102. The van der Waals surface area contributed by atoms with E-state index in [1.807, 2.05) is 6.92 Å². The van der Waals surface area contributed by atoms with Gasteiger partial charge >= 0.3 is 0 Å². The molecule has 5 nitrogen and oxygen atoms in total. The van der Waals surface area contributed by atoms with Crippen LogP contribution in [0.2, 0.25) is 0 Å². The summed E-state index contributed by atoms with van der Waals surface area (Å²) >= 11 is 0. The highest BCUT2D eigenvalue weighted by molar-refractivity contribution is 6.00. The summed E-state index contributed by atoms with van der Waals surface area (Å²) in [4.78, 5) is 19.1. The molecule has 0 radical (unpaired) electrons. The summed E-state index contributed by atoms with van der Waals surface area (Å²) in [7, 11) is 1.51. The number of hydrogen-bond donors (Lipinski definition) is 1. The number of amides is 1. The van der Waals surface area contributed by atoms with E-state index in [4.69, 9.17) is 4.74 Å². The zero-order valence-corrected chi connectivity index (χ0v) is 16.1. The van der Waals surface area contributed by atoms with Gasteiger partial charge in [0.1, 0.15) is 5.82 Å². The van der Waals surface area contributed by atoms with Gasteiger partial charge in [0.25, 0.3) is 5.91 Å². The van der Waals surface area contributed by atoms with Crippen LogP contribution in [0.25, 0.3) is 0 Å². The highest BCUT2D eigenvalue weighted by Gasteiger charge is 2.33. The van der Waals surface area contributed by atoms with Gasteiger partial charge in [0.05, 0.1) is 12.7 Å². The van der Waals surface area contributed by atoms with Gasteiger partial charge in [-0.2, -0.15) is 4.98 Å². The van der Waals surface area contributed by atoms with Crippen molar-refractivity contribution in [3.8, 4) is 5.88 Å². The van der Waals surface area contributed by atoms with Crippen molar-refractivity contribution in [1.29, 1.82) is 0 Å². The van der Waals surface area contributed by atoms with Crippen LogP contribution >= 0.6 is 0 Å². The summed E-state index contributed by atoms with van der Waals surface area (Å²) in [5.74, 6) is -2.25. The van der Waals surface area contributed by atoms with E-state index in [1.54, 1.807) is 30.0 Å². The molecule has 1 aliphatic heterocycles. The average Bonchev–Trinajstić information content (AvgIpc) is 2.85. The summed E-state index contributed by atoms with van der Waals surface area (Å²) in [5.41, 5.74) is 1.70. The minimum Gasteiger partial charge on any atom is -0.481 e. The molecule has 0 saturated carbocycles. The Kier molecular flexibility index (Phi) is 6.93. The highest BCUT2D eigenvalue weighted by Crippen LogP contribution is 2.32. The molecule has 2 rings (SSSR count). The molecule has 2 heterocycles. The molecule has 1 fully saturated rings. The first-order valence-corrected chi connectivity index (χ1v) is 9.16. The van der Waals surface area contributed by atoms with Crippen molar-refractivity contribution in [3.63, 3.8) is 0 Å². The molecule has 0 unspecified atom stereocenters. The Morgan fingerprint density at radius 1 is 1.44 bits per heavy atom. The number of aromatic nitrogens is 1. The first kappa shape index (κ1) is 20.9. The number of pyridine rings is 1. The Labute approximate surface area is 159 Å². The molecule has 7 heteroatoms.